The maximum absolute atomic E-state index is 11.9. The molecule has 1 aliphatic heterocycles. The number of aromatic nitrogens is 1. The van der Waals surface area contributed by atoms with E-state index in [2.05, 4.69) is 10.3 Å². The first-order chi connectivity index (χ1) is 6.38. The molecule has 2 rings (SSSR count). The Balaban J connectivity index is 2.13. The number of nitrogens with one attached hydrogen (secondary N) is 1. The molecule has 2 atom stereocenters. The highest BCUT2D eigenvalue weighted by Crippen LogP contribution is 2.14. The number of hydrogen-bond donors (Lipinski definition) is 1. The van der Waals surface area contributed by atoms with Crippen molar-refractivity contribution in [3.63, 3.8) is 0 Å². The Morgan fingerprint density at radius 2 is 2.23 bits per heavy atom. The lowest BCUT2D eigenvalue weighted by atomic mass is 10.4. The van der Waals surface area contributed by atoms with Gasteiger partial charge in [-0.25, -0.2) is 0 Å². The summed E-state index contributed by atoms with van der Waals surface area (Å²) in [5.74, 6) is 0. The zero-order chi connectivity index (χ0) is 9.10. The second kappa shape index (κ2) is 3.98. The van der Waals surface area contributed by atoms with Gasteiger partial charge in [0, 0.05) is 23.8 Å². The van der Waals surface area contributed by atoms with Crippen LogP contribution < -0.4 is 5.32 Å². The van der Waals surface area contributed by atoms with Crippen LogP contribution in [0, 0.1) is 0 Å². The summed E-state index contributed by atoms with van der Waals surface area (Å²) in [5.41, 5.74) is 0. The highest BCUT2D eigenvalue weighted by Gasteiger charge is 2.21. The van der Waals surface area contributed by atoms with E-state index in [1.54, 1.807) is 12.4 Å². The van der Waals surface area contributed by atoms with Crippen LogP contribution in [0.3, 0.4) is 0 Å². The second-order valence-electron chi connectivity index (χ2n) is 3.10. The molecule has 1 fully saturated rings. The zero-order valence-electron chi connectivity index (χ0n) is 7.27. The van der Waals surface area contributed by atoms with Gasteiger partial charge in [0.15, 0.2) is 0 Å². The van der Waals surface area contributed by atoms with Crippen LogP contribution in [0.1, 0.15) is 6.42 Å². The third kappa shape index (κ3) is 1.95. The highest BCUT2D eigenvalue weighted by molar-refractivity contribution is 7.85. The van der Waals surface area contributed by atoms with Crippen LogP contribution in [0.5, 0.6) is 0 Å². The number of hydrogen-bond acceptors (Lipinski definition) is 3. The Hall–Kier alpha value is -0.740. The average Bonchev–Trinajstić information content (AvgIpc) is 2.71. The van der Waals surface area contributed by atoms with Gasteiger partial charge in [-0.2, -0.15) is 0 Å². The SMILES string of the molecule is O=[S@](c1ccncc1)[C@H]1CCNC1. The molecule has 1 saturated heterocycles. The Kier molecular flexibility index (Phi) is 2.71. The van der Waals surface area contributed by atoms with Gasteiger partial charge in [-0.1, -0.05) is 0 Å². The van der Waals surface area contributed by atoms with Crippen molar-refractivity contribution < 1.29 is 4.21 Å². The van der Waals surface area contributed by atoms with Gasteiger partial charge in [0.05, 0.1) is 16.0 Å². The van der Waals surface area contributed by atoms with Gasteiger partial charge in [-0.05, 0) is 25.1 Å². The lowest BCUT2D eigenvalue weighted by Gasteiger charge is -2.07. The number of pyridine rings is 1. The first-order valence-electron chi connectivity index (χ1n) is 4.39. The first kappa shape index (κ1) is 8.84. The molecule has 0 amide bonds. The standard InChI is InChI=1S/C9H12N2OS/c12-13(9-3-6-11-7-9)8-1-4-10-5-2-8/h1-2,4-5,9,11H,3,6-7H2/t9-,13+/m0/s1. The van der Waals surface area contributed by atoms with E-state index in [0.717, 1.165) is 24.4 Å². The van der Waals surface area contributed by atoms with Crippen LogP contribution in [-0.4, -0.2) is 27.5 Å². The van der Waals surface area contributed by atoms with E-state index in [4.69, 9.17) is 0 Å². The van der Waals surface area contributed by atoms with E-state index < -0.39 is 10.8 Å². The summed E-state index contributed by atoms with van der Waals surface area (Å²) in [6.45, 7) is 1.86. The molecule has 2 heterocycles. The zero-order valence-corrected chi connectivity index (χ0v) is 8.09. The molecule has 0 radical (unpaired) electrons. The molecule has 1 aromatic rings. The molecular formula is C9H12N2OS. The minimum atomic E-state index is -0.861. The van der Waals surface area contributed by atoms with Gasteiger partial charge in [-0.15, -0.1) is 0 Å². The van der Waals surface area contributed by atoms with E-state index in [1.165, 1.54) is 0 Å². The van der Waals surface area contributed by atoms with Crippen LogP contribution in [0.4, 0.5) is 0 Å². The molecule has 0 aliphatic carbocycles. The van der Waals surface area contributed by atoms with E-state index in [9.17, 15) is 4.21 Å². The predicted molar refractivity (Wildman–Crippen MR) is 51.9 cm³/mol. The first-order valence-corrected chi connectivity index (χ1v) is 5.60. The summed E-state index contributed by atoms with van der Waals surface area (Å²) in [6, 6.07) is 3.66. The van der Waals surface area contributed by atoms with Gasteiger partial charge < -0.3 is 5.32 Å². The third-order valence-corrected chi connectivity index (χ3v) is 3.94. The molecule has 0 spiro atoms. The lowest BCUT2D eigenvalue weighted by Crippen LogP contribution is -2.18. The minimum Gasteiger partial charge on any atom is -0.315 e. The summed E-state index contributed by atoms with van der Waals surface area (Å²) >= 11 is 0. The molecule has 0 unspecified atom stereocenters. The predicted octanol–water partition coefficient (Wildman–Crippen LogP) is 0.551. The van der Waals surface area contributed by atoms with Gasteiger partial charge >= 0.3 is 0 Å². The Bertz CT molecular complexity index is 296. The largest absolute Gasteiger partial charge is 0.315 e. The molecule has 0 aromatic carbocycles. The van der Waals surface area contributed by atoms with Crippen molar-refractivity contribution in [2.24, 2.45) is 0 Å². The quantitative estimate of drug-likeness (QED) is 0.751. The smallest absolute Gasteiger partial charge is 0.0575 e. The molecule has 13 heavy (non-hydrogen) atoms. The topological polar surface area (TPSA) is 42.0 Å². The second-order valence-corrected chi connectivity index (χ2v) is 4.83. The van der Waals surface area contributed by atoms with E-state index in [0.29, 0.717) is 0 Å². The maximum Gasteiger partial charge on any atom is 0.0575 e. The number of rotatable bonds is 2. The van der Waals surface area contributed by atoms with E-state index >= 15 is 0 Å². The summed E-state index contributed by atoms with van der Waals surface area (Å²) in [7, 11) is -0.861. The summed E-state index contributed by atoms with van der Waals surface area (Å²) in [5, 5.41) is 3.49. The fraction of sp³-hybridized carbons (Fsp3) is 0.444. The summed E-state index contributed by atoms with van der Waals surface area (Å²) in [4.78, 5) is 4.80. The van der Waals surface area contributed by atoms with Crippen molar-refractivity contribution in [1.29, 1.82) is 0 Å². The summed E-state index contributed by atoms with van der Waals surface area (Å²) < 4.78 is 11.9. The van der Waals surface area contributed by atoms with Crippen molar-refractivity contribution in [2.45, 2.75) is 16.6 Å². The van der Waals surface area contributed by atoms with Crippen LogP contribution in [-0.2, 0) is 10.8 Å². The van der Waals surface area contributed by atoms with Crippen LogP contribution >= 0.6 is 0 Å². The Labute approximate surface area is 80.0 Å². The molecular weight excluding hydrogens is 184 g/mol. The third-order valence-electron chi connectivity index (χ3n) is 2.20. The molecule has 1 aromatic heterocycles. The summed E-state index contributed by atoms with van der Waals surface area (Å²) in [6.07, 6.45) is 4.39. The fourth-order valence-corrected chi connectivity index (χ4v) is 2.85. The normalized spacial score (nSPS) is 24.5. The fourth-order valence-electron chi connectivity index (χ4n) is 1.48. The van der Waals surface area contributed by atoms with Crippen molar-refractivity contribution in [3.8, 4) is 0 Å². The average molecular weight is 196 g/mol. The van der Waals surface area contributed by atoms with Crippen molar-refractivity contribution >= 4 is 10.8 Å². The highest BCUT2D eigenvalue weighted by atomic mass is 32.2. The Morgan fingerprint density at radius 1 is 1.46 bits per heavy atom. The molecule has 0 saturated carbocycles. The molecule has 3 nitrogen and oxygen atoms in total. The van der Waals surface area contributed by atoms with Crippen LogP contribution in [0.15, 0.2) is 29.4 Å². The molecule has 4 heteroatoms. The molecule has 1 aliphatic rings. The van der Waals surface area contributed by atoms with Crippen LogP contribution in [0.25, 0.3) is 0 Å². The molecule has 0 bridgehead atoms. The van der Waals surface area contributed by atoms with Gasteiger partial charge in [0.1, 0.15) is 0 Å². The monoisotopic (exact) mass is 196 g/mol. The van der Waals surface area contributed by atoms with Gasteiger partial charge in [0.25, 0.3) is 0 Å². The maximum atomic E-state index is 11.9. The van der Waals surface area contributed by atoms with Gasteiger partial charge in [0.2, 0.25) is 0 Å². The molecule has 70 valence electrons. The van der Waals surface area contributed by atoms with E-state index in [1.807, 2.05) is 12.1 Å². The minimum absolute atomic E-state index is 0.280. The lowest BCUT2D eigenvalue weighted by molar-refractivity contribution is 0.672. The van der Waals surface area contributed by atoms with E-state index in [-0.39, 0.29) is 5.25 Å². The van der Waals surface area contributed by atoms with Gasteiger partial charge in [-0.3, -0.25) is 9.19 Å². The van der Waals surface area contributed by atoms with Crippen molar-refractivity contribution in [2.75, 3.05) is 13.1 Å². The van der Waals surface area contributed by atoms with Crippen molar-refractivity contribution in [3.05, 3.63) is 24.5 Å². The number of nitrogens with zero attached hydrogens (tertiary/aromatic N) is 1. The Morgan fingerprint density at radius 3 is 2.85 bits per heavy atom. The van der Waals surface area contributed by atoms with Crippen LogP contribution in [0.2, 0.25) is 0 Å². The van der Waals surface area contributed by atoms with Crippen molar-refractivity contribution in [1.82, 2.24) is 10.3 Å². The molecule has 1 N–H and O–H groups in total.